The SMILES string of the molecule is CCOc1ccc(OCCC(F)c2ccc(C)cc2)c(F)c1F. The molecule has 0 bridgehead atoms. The molecule has 0 aliphatic heterocycles. The lowest BCUT2D eigenvalue weighted by Crippen LogP contribution is -2.05. The van der Waals surface area contributed by atoms with E-state index in [1.807, 2.05) is 19.1 Å². The number of alkyl halides is 1. The summed E-state index contributed by atoms with van der Waals surface area (Å²) < 4.78 is 51.6. The highest BCUT2D eigenvalue weighted by molar-refractivity contribution is 5.35. The fourth-order valence-electron chi connectivity index (χ4n) is 2.11. The molecule has 2 aromatic rings. The average Bonchev–Trinajstić information content (AvgIpc) is 2.54. The lowest BCUT2D eigenvalue weighted by atomic mass is 10.1. The van der Waals surface area contributed by atoms with Gasteiger partial charge in [0, 0.05) is 6.42 Å². The Hall–Kier alpha value is -2.17. The molecule has 2 nitrogen and oxygen atoms in total. The van der Waals surface area contributed by atoms with Crippen LogP contribution in [0.5, 0.6) is 11.5 Å². The quantitative estimate of drug-likeness (QED) is 0.701. The molecule has 0 radical (unpaired) electrons. The molecule has 0 amide bonds. The van der Waals surface area contributed by atoms with Crippen molar-refractivity contribution in [2.24, 2.45) is 0 Å². The van der Waals surface area contributed by atoms with Gasteiger partial charge in [-0.2, -0.15) is 8.78 Å². The largest absolute Gasteiger partial charge is 0.491 e. The molecule has 23 heavy (non-hydrogen) atoms. The van der Waals surface area contributed by atoms with E-state index < -0.39 is 17.8 Å². The van der Waals surface area contributed by atoms with Crippen LogP contribution in [0.3, 0.4) is 0 Å². The lowest BCUT2D eigenvalue weighted by Gasteiger charge is -2.12. The lowest BCUT2D eigenvalue weighted by molar-refractivity contribution is 0.227. The van der Waals surface area contributed by atoms with Crippen molar-refractivity contribution in [3.63, 3.8) is 0 Å². The summed E-state index contributed by atoms with van der Waals surface area (Å²) in [5, 5.41) is 0. The summed E-state index contributed by atoms with van der Waals surface area (Å²) in [6, 6.07) is 9.63. The summed E-state index contributed by atoms with van der Waals surface area (Å²) in [4.78, 5) is 0. The highest BCUT2D eigenvalue weighted by atomic mass is 19.2. The van der Waals surface area contributed by atoms with Crippen LogP contribution in [0.4, 0.5) is 13.2 Å². The van der Waals surface area contributed by atoms with Gasteiger partial charge in [0.1, 0.15) is 6.17 Å². The zero-order chi connectivity index (χ0) is 16.8. The minimum atomic E-state index is -1.22. The predicted molar refractivity (Wildman–Crippen MR) is 82.7 cm³/mol. The van der Waals surface area contributed by atoms with E-state index in [0.29, 0.717) is 5.56 Å². The summed E-state index contributed by atoms with van der Waals surface area (Å²) in [5.41, 5.74) is 1.58. The van der Waals surface area contributed by atoms with E-state index in [9.17, 15) is 13.2 Å². The highest BCUT2D eigenvalue weighted by Gasteiger charge is 2.16. The normalized spacial score (nSPS) is 12.0. The molecule has 0 saturated heterocycles. The highest BCUT2D eigenvalue weighted by Crippen LogP contribution is 2.28. The molecule has 2 aromatic carbocycles. The third-order valence-corrected chi connectivity index (χ3v) is 3.38. The van der Waals surface area contributed by atoms with Crippen molar-refractivity contribution in [3.05, 3.63) is 59.2 Å². The first-order chi connectivity index (χ1) is 11.0. The smallest absolute Gasteiger partial charge is 0.204 e. The summed E-state index contributed by atoms with van der Waals surface area (Å²) in [5.74, 6) is -2.64. The molecule has 0 fully saturated rings. The van der Waals surface area contributed by atoms with Gasteiger partial charge in [-0.1, -0.05) is 29.8 Å². The molecular formula is C18H19F3O2. The van der Waals surface area contributed by atoms with Crippen LogP contribution in [0.15, 0.2) is 36.4 Å². The van der Waals surface area contributed by atoms with E-state index >= 15 is 0 Å². The van der Waals surface area contributed by atoms with Crippen molar-refractivity contribution in [2.45, 2.75) is 26.4 Å². The van der Waals surface area contributed by atoms with Crippen molar-refractivity contribution < 1.29 is 22.6 Å². The fourth-order valence-corrected chi connectivity index (χ4v) is 2.11. The van der Waals surface area contributed by atoms with Gasteiger partial charge < -0.3 is 9.47 Å². The molecule has 1 unspecified atom stereocenters. The molecule has 1 atom stereocenters. The van der Waals surface area contributed by atoms with E-state index in [0.717, 1.165) is 5.56 Å². The van der Waals surface area contributed by atoms with Gasteiger partial charge in [-0.15, -0.1) is 0 Å². The first-order valence-electron chi connectivity index (χ1n) is 7.47. The number of benzene rings is 2. The minimum absolute atomic E-state index is 0.0529. The Kier molecular flexibility index (Phi) is 5.90. The van der Waals surface area contributed by atoms with Crippen molar-refractivity contribution in [1.82, 2.24) is 0 Å². The molecule has 0 heterocycles. The third-order valence-electron chi connectivity index (χ3n) is 3.38. The van der Waals surface area contributed by atoms with Gasteiger partial charge in [-0.3, -0.25) is 0 Å². The number of hydrogen-bond acceptors (Lipinski definition) is 2. The number of ether oxygens (including phenoxy) is 2. The Bertz CT molecular complexity index is 641. The number of rotatable bonds is 7. The van der Waals surface area contributed by atoms with E-state index in [2.05, 4.69) is 0 Å². The van der Waals surface area contributed by atoms with Crippen LogP contribution in [0.2, 0.25) is 0 Å². The summed E-state index contributed by atoms with van der Waals surface area (Å²) in [7, 11) is 0. The van der Waals surface area contributed by atoms with Gasteiger partial charge in [0.15, 0.2) is 11.5 Å². The zero-order valence-electron chi connectivity index (χ0n) is 13.1. The Morgan fingerprint density at radius 1 is 0.913 bits per heavy atom. The molecule has 0 saturated carbocycles. The number of halogens is 3. The van der Waals surface area contributed by atoms with Gasteiger partial charge in [-0.25, -0.2) is 4.39 Å². The maximum Gasteiger partial charge on any atom is 0.204 e. The van der Waals surface area contributed by atoms with Crippen molar-refractivity contribution in [1.29, 1.82) is 0 Å². The van der Waals surface area contributed by atoms with Gasteiger partial charge >= 0.3 is 0 Å². The molecular weight excluding hydrogens is 305 g/mol. The fraction of sp³-hybridized carbons (Fsp3) is 0.333. The van der Waals surface area contributed by atoms with Crippen molar-refractivity contribution in [2.75, 3.05) is 13.2 Å². The third kappa shape index (κ3) is 4.41. The Morgan fingerprint density at radius 3 is 2.04 bits per heavy atom. The molecule has 0 N–H and O–H groups in total. The maximum absolute atomic E-state index is 14.0. The molecule has 0 aliphatic carbocycles. The second-order valence-corrected chi connectivity index (χ2v) is 5.14. The van der Waals surface area contributed by atoms with Crippen molar-refractivity contribution in [3.8, 4) is 11.5 Å². The maximum atomic E-state index is 14.0. The minimum Gasteiger partial charge on any atom is -0.491 e. The average molecular weight is 324 g/mol. The second kappa shape index (κ2) is 7.90. The summed E-state index contributed by atoms with van der Waals surface area (Å²) in [6.07, 6.45) is -1.16. The topological polar surface area (TPSA) is 18.5 Å². The summed E-state index contributed by atoms with van der Waals surface area (Å²) >= 11 is 0. The van der Waals surface area contributed by atoms with Crippen LogP contribution in [-0.4, -0.2) is 13.2 Å². The van der Waals surface area contributed by atoms with Crippen LogP contribution in [0, 0.1) is 18.6 Å². The van der Waals surface area contributed by atoms with Crippen molar-refractivity contribution >= 4 is 0 Å². The Balaban J connectivity index is 1.93. The molecule has 124 valence electrons. The molecule has 0 spiro atoms. The molecule has 0 aliphatic rings. The van der Waals surface area contributed by atoms with Crippen LogP contribution in [-0.2, 0) is 0 Å². The van der Waals surface area contributed by atoms with E-state index in [1.54, 1.807) is 19.1 Å². The first kappa shape index (κ1) is 17.2. The Morgan fingerprint density at radius 2 is 1.48 bits per heavy atom. The predicted octanol–water partition coefficient (Wildman–Crippen LogP) is 5.15. The van der Waals surface area contributed by atoms with Gasteiger partial charge in [0.2, 0.25) is 11.6 Å². The molecule has 2 rings (SSSR count). The van der Waals surface area contributed by atoms with E-state index in [4.69, 9.17) is 9.47 Å². The molecule has 0 aromatic heterocycles. The number of aryl methyl sites for hydroxylation is 1. The summed E-state index contributed by atoms with van der Waals surface area (Å²) in [6.45, 7) is 3.77. The van der Waals surface area contributed by atoms with Gasteiger partial charge in [0.05, 0.1) is 13.2 Å². The van der Waals surface area contributed by atoms with Gasteiger partial charge in [0.25, 0.3) is 0 Å². The standard InChI is InChI=1S/C18H19F3O2/c1-3-22-15-8-9-16(18(21)17(15)20)23-11-10-14(19)13-6-4-12(2)5-7-13/h4-9,14H,3,10-11H2,1-2H3. The number of hydrogen-bond donors (Lipinski definition) is 0. The first-order valence-corrected chi connectivity index (χ1v) is 7.47. The second-order valence-electron chi connectivity index (χ2n) is 5.14. The van der Waals surface area contributed by atoms with Crippen LogP contribution in [0.25, 0.3) is 0 Å². The van der Waals surface area contributed by atoms with Crippen LogP contribution < -0.4 is 9.47 Å². The van der Waals surface area contributed by atoms with E-state index in [1.165, 1.54) is 12.1 Å². The van der Waals surface area contributed by atoms with Crippen LogP contribution in [0.1, 0.15) is 30.6 Å². The zero-order valence-corrected chi connectivity index (χ0v) is 13.1. The van der Waals surface area contributed by atoms with Gasteiger partial charge in [-0.05, 0) is 31.5 Å². The van der Waals surface area contributed by atoms with E-state index in [-0.39, 0.29) is 31.1 Å². The molecule has 5 heteroatoms. The van der Waals surface area contributed by atoms with Crippen LogP contribution >= 0.6 is 0 Å². The Labute approximate surface area is 133 Å². The monoisotopic (exact) mass is 324 g/mol.